The Kier molecular flexibility index (Phi) is 5.35. The van der Waals surface area contributed by atoms with E-state index < -0.39 is 0 Å². The summed E-state index contributed by atoms with van der Waals surface area (Å²) in [7, 11) is 0. The van der Waals surface area contributed by atoms with Crippen molar-refractivity contribution in [1.82, 2.24) is 0 Å². The Morgan fingerprint density at radius 1 is 1.31 bits per heavy atom. The molecule has 0 saturated carbocycles. The Morgan fingerprint density at radius 2 is 2.00 bits per heavy atom. The van der Waals surface area contributed by atoms with Gasteiger partial charge < -0.3 is 5.73 Å². The van der Waals surface area contributed by atoms with E-state index in [9.17, 15) is 0 Å². The molecule has 0 saturated heterocycles. The molecule has 0 aliphatic heterocycles. The first-order valence-corrected chi connectivity index (χ1v) is 6.09. The molecule has 1 aromatic rings. The van der Waals surface area contributed by atoms with Crippen molar-refractivity contribution < 1.29 is 0 Å². The summed E-state index contributed by atoms with van der Waals surface area (Å²) in [5, 5.41) is 0. The summed E-state index contributed by atoms with van der Waals surface area (Å²) in [5.41, 5.74) is 7.10. The van der Waals surface area contributed by atoms with E-state index in [-0.39, 0.29) is 6.04 Å². The van der Waals surface area contributed by atoms with Crippen molar-refractivity contribution in [1.29, 1.82) is 0 Å². The molecule has 1 aromatic carbocycles. The van der Waals surface area contributed by atoms with E-state index in [0.717, 1.165) is 17.3 Å². The van der Waals surface area contributed by atoms with Gasteiger partial charge in [0.25, 0.3) is 0 Å². The molecule has 1 unspecified atom stereocenters. The molecule has 0 fully saturated rings. The van der Waals surface area contributed by atoms with Crippen LogP contribution in [-0.4, -0.2) is 17.5 Å². The van der Waals surface area contributed by atoms with Crippen molar-refractivity contribution in [3.8, 4) is 0 Å². The van der Waals surface area contributed by atoms with E-state index in [1.807, 2.05) is 17.8 Å². The van der Waals surface area contributed by atoms with Gasteiger partial charge in [0.05, 0.1) is 0 Å². The molecule has 0 spiro atoms. The molecule has 3 heteroatoms. The average molecular weight is 213 g/mol. The fourth-order valence-corrected chi connectivity index (χ4v) is 2.23. The zero-order valence-corrected chi connectivity index (χ0v) is 9.23. The quantitative estimate of drug-likeness (QED) is 0.733. The van der Waals surface area contributed by atoms with Crippen LogP contribution in [-0.2, 0) is 5.75 Å². The van der Waals surface area contributed by atoms with Gasteiger partial charge in [-0.3, -0.25) is 0 Å². The summed E-state index contributed by atoms with van der Waals surface area (Å²) >= 11 is 6.00. The van der Waals surface area contributed by atoms with Crippen LogP contribution in [0.4, 0.5) is 0 Å². The number of hydrogen-bond donors (Lipinski definition) is 2. The lowest BCUT2D eigenvalue weighted by Crippen LogP contribution is -2.24. The van der Waals surface area contributed by atoms with Crippen LogP contribution >= 0.6 is 24.4 Å². The Hall–Kier alpha value is -0.120. The first-order chi connectivity index (χ1) is 6.33. The molecule has 0 bridgehead atoms. The predicted octanol–water partition coefficient (Wildman–Crippen LogP) is 2.18. The molecule has 1 nitrogen and oxygen atoms in total. The van der Waals surface area contributed by atoms with E-state index in [2.05, 4.69) is 36.9 Å². The molecule has 13 heavy (non-hydrogen) atoms. The first-order valence-electron chi connectivity index (χ1n) is 4.31. The minimum Gasteiger partial charge on any atom is -0.326 e. The van der Waals surface area contributed by atoms with Crippen molar-refractivity contribution in [2.75, 3.05) is 11.5 Å². The summed E-state index contributed by atoms with van der Waals surface area (Å²) in [5.74, 6) is 2.79. The summed E-state index contributed by atoms with van der Waals surface area (Å²) in [6.45, 7) is 0. The van der Waals surface area contributed by atoms with Crippen LogP contribution in [0.1, 0.15) is 5.56 Å². The molecule has 0 heterocycles. The third-order valence-electron chi connectivity index (χ3n) is 1.68. The largest absolute Gasteiger partial charge is 0.326 e. The molecular weight excluding hydrogens is 198 g/mol. The maximum atomic E-state index is 5.74. The van der Waals surface area contributed by atoms with E-state index >= 15 is 0 Å². The molecule has 1 rings (SSSR count). The molecule has 0 aromatic heterocycles. The monoisotopic (exact) mass is 213 g/mol. The maximum absolute atomic E-state index is 5.74. The number of nitrogens with two attached hydrogens (primary N) is 1. The summed E-state index contributed by atoms with van der Waals surface area (Å²) < 4.78 is 0. The van der Waals surface area contributed by atoms with Crippen molar-refractivity contribution in [2.24, 2.45) is 5.73 Å². The van der Waals surface area contributed by atoms with Gasteiger partial charge in [-0.1, -0.05) is 30.3 Å². The average Bonchev–Trinajstić information content (AvgIpc) is 2.19. The molecule has 2 N–H and O–H groups in total. The zero-order valence-electron chi connectivity index (χ0n) is 7.52. The fourth-order valence-electron chi connectivity index (χ4n) is 0.955. The van der Waals surface area contributed by atoms with E-state index in [1.54, 1.807) is 0 Å². The van der Waals surface area contributed by atoms with Crippen LogP contribution in [0.2, 0.25) is 0 Å². The van der Waals surface area contributed by atoms with Crippen LogP contribution in [0.25, 0.3) is 0 Å². The van der Waals surface area contributed by atoms with Crippen LogP contribution in [0.3, 0.4) is 0 Å². The lowest BCUT2D eigenvalue weighted by atomic mass is 10.2. The van der Waals surface area contributed by atoms with Crippen molar-refractivity contribution >= 4 is 24.4 Å². The fraction of sp³-hybridized carbons (Fsp3) is 0.400. The van der Waals surface area contributed by atoms with Crippen LogP contribution in [0.5, 0.6) is 0 Å². The summed E-state index contributed by atoms with van der Waals surface area (Å²) in [4.78, 5) is 0. The smallest absolute Gasteiger partial charge is 0.0219 e. The van der Waals surface area contributed by atoms with Gasteiger partial charge in [-0.2, -0.15) is 24.4 Å². The third kappa shape index (κ3) is 4.60. The minimum absolute atomic E-state index is 0.219. The van der Waals surface area contributed by atoms with Gasteiger partial charge in [0.15, 0.2) is 0 Å². The number of hydrogen-bond acceptors (Lipinski definition) is 3. The summed E-state index contributed by atoms with van der Waals surface area (Å²) in [6.07, 6.45) is 0. The maximum Gasteiger partial charge on any atom is 0.0219 e. The highest BCUT2D eigenvalue weighted by molar-refractivity contribution is 7.98. The zero-order chi connectivity index (χ0) is 9.52. The third-order valence-corrected chi connectivity index (χ3v) is 3.35. The van der Waals surface area contributed by atoms with Crippen molar-refractivity contribution in [2.45, 2.75) is 11.8 Å². The van der Waals surface area contributed by atoms with E-state index in [4.69, 9.17) is 5.73 Å². The minimum atomic E-state index is 0.219. The predicted molar refractivity (Wildman–Crippen MR) is 64.4 cm³/mol. The van der Waals surface area contributed by atoms with E-state index in [0.29, 0.717) is 0 Å². The van der Waals surface area contributed by atoms with Crippen LogP contribution in [0.15, 0.2) is 30.3 Å². The highest BCUT2D eigenvalue weighted by atomic mass is 32.2. The van der Waals surface area contributed by atoms with E-state index in [1.165, 1.54) is 5.56 Å². The normalized spacial score (nSPS) is 12.8. The Bertz CT molecular complexity index is 226. The highest BCUT2D eigenvalue weighted by Crippen LogP contribution is 2.12. The topological polar surface area (TPSA) is 26.0 Å². The number of benzene rings is 1. The van der Waals surface area contributed by atoms with Gasteiger partial charge in [-0.15, -0.1) is 0 Å². The Balaban J connectivity index is 2.20. The van der Waals surface area contributed by atoms with Crippen molar-refractivity contribution in [3.05, 3.63) is 35.9 Å². The van der Waals surface area contributed by atoms with Gasteiger partial charge in [0.2, 0.25) is 0 Å². The number of rotatable bonds is 5. The van der Waals surface area contributed by atoms with Gasteiger partial charge in [-0.25, -0.2) is 0 Å². The van der Waals surface area contributed by atoms with Crippen molar-refractivity contribution in [3.63, 3.8) is 0 Å². The lowest BCUT2D eigenvalue weighted by molar-refractivity contribution is 0.863. The SMILES string of the molecule is NC(CS)CSCc1ccccc1. The molecule has 0 radical (unpaired) electrons. The lowest BCUT2D eigenvalue weighted by Gasteiger charge is -2.07. The number of thioether (sulfide) groups is 1. The van der Waals surface area contributed by atoms with Gasteiger partial charge in [0.1, 0.15) is 0 Å². The van der Waals surface area contributed by atoms with Gasteiger partial charge in [-0.05, 0) is 5.56 Å². The molecular formula is C10H15NS2. The van der Waals surface area contributed by atoms with Crippen LogP contribution < -0.4 is 5.73 Å². The number of thiol groups is 1. The summed E-state index contributed by atoms with van der Waals surface area (Å²) in [6, 6.07) is 10.7. The Labute approximate surface area is 89.5 Å². The molecule has 72 valence electrons. The second-order valence-electron chi connectivity index (χ2n) is 2.94. The Morgan fingerprint density at radius 3 is 2.62 bits per heavy atom. The second kappa shape index (κ2) is 6.35. The van der Waals surface area contributed by atoms with Gasteiger partial charge >= 0.3 is 0 Å². The molecule has 0 amide bonds. The van der Waals surface area contributed by atoms with Gasteiger partial charge in [0, 0.05) is 23.3 Å². The molecule has 0 aliphatic rings. The highest BCUT2D eigenvalue weighted by Gasteiger charge is 1.99. The molecule has 1 atom stereocenters. The van der Waals surface area contributed by atoms with Crippen LogP contribution in [0, 0.1) is 0 Å². The second-order valence-corrected chi connectivity index (χ2v) is 4.34. The first kappa shape index (κ1) is 11.0. The standard InChI is InChI=1S/C10H15NS2/c11-10(6-12)8-13-7-9-4-2-1-3-5-9/h1-5,10,12H,6-8,11H2. The molecule has 0 aliphatic carbocycles.